The number of hydrogen-bond acceptors (Lipinski definition) is 4. The van der Waals surface area contributed by atoms with Crippen LogP contribution in [0.25, 0.3) is 0 Å². The third kappa shape index (κ3) is 4.40. The van der Waals surface area contributed by atoms with E-state index in [1.807, 2.05) is 0 Å². The fourth-order valence-corrected chi connectivity index (χ4v) is 2.92. The number of amides is 6. The Morgan fingerprint density at radius 2 is 1.92 bits per heavy atom. The lowest BCUT2D eigenvalue weighted by molar-refractivity contribution is -0.134. The molecule has 6 amide bonds. The summed E-state index contributed by atoms with van der Waals surface area (Å²) in [6.07, 6.45) is 0. The van der Waals surface area contributed by atoms with Crippen LogP contribution in [0.15, 0.2) is 28.7 Å². The smallest absolute Gasteiger partial charge is 0.325 e. The van der Waals surface area contributed by atoms with Crippen LogP contribution in [0.5, 0.6) is 0 Å². The molecular formula is C17H21BrN4O4. The van der Waals surface area contributed by atoms with Gasteiger partial charge in [0.1, 0.15) is 12.1 Å². The molecular weight excluding hydrogens is 404 g/mol. The summed E-state index contributed by atoms with van der Waals surface area (Å²) in [4.78, 5) is 49.5. The molecule has 8 nitrogen and oxygen atoms in total. The maximum atomic E-state index is 12.7. The number of halogens is 1. The van der Waals surface area contributed by atoms with Crippen LogP contribution >= 0.6 is 15.9 Å². The van der Waals surface area contributed by atoms with Crippen molar-refractivity contribution in [1.29, 1.82) is 0 Å². The minimum atomic E-state index is -1.28. The van der Waals surface area contributed by atoms with Crippen molar-refractivity contribution in [1.82, 2.24) is 20.9 Å². The van der Waals surface area contributed by atoms with E-state index in [4.69, 9.17) is 0 Å². The van der Waals surface area contributed by atoms with Gasteiger partial charge < -0.3 is 10.6 Å². The normalized spacial score (nSPS) is 20.0. The Bertz CT molecular complexity index is 774. The van der Waals surface area contributed by atoms with Crippen LogP contribution in [0.2, 0.25) is 0 Å². The van der Waals surface area contributed by atoms with Gasteiger partial charge >= 0.3 is 12.1 Å². The summed E-state index contributed by atoms with van der Waals surface area (Å²) >= 11 is 3.33. The second-order valence-electron chi connectivity index (χ2n) is 7.21. The van der Waals surface area contributed by atoms with Crippen molar-refractivity contribution < 1.29 is 19.2 Å². The molecule has 0 aromatic heterocycles. The first-order chi connectivity index (χ1) is 11.9. The molecule has 2 rings (SSSR count). The Hall–Kier alpha value is -2.42. The molecule has 1 aromatic carbocycles. The predicted molar refractivity (Wildman–Crippen MR) is 98.2 cm³/mol. The van der Waals surface area contributed by atoms with Gasteiger partial charge in [0.15, 0.2) is 0 Å². The Morgan fingerprint density at radius 1 is 1.27 bits per heavy atom. The van der Waals surface area contributed by atoms with Crippen molar-refractivity contribution in [2.75, 3.05) is 6.54 Å². The average Bonchev–Trinajstić information content (AvgIpc) is 2.69. The lowest BCUT2D eigenvalue weighted by Crippen LogP contribution is -2.51. The molecule has 0 spiro atoms. The van der Waals surface area contributed by atoms with Gasteiger partial charge in [-0.05, 0) is 45.4 Å². The maximum Gasteiger partial charge on any atom is 0.325 e. The molecule has 1 heterocycles. The zero-order valence-electron chi connectivity index (χ0n) is 15.0. The average molecular weight is 425 g/mol. The number of hydrogen-bond donors (Lipinski definition) is 3. The molecule has 0 aliphatic carbocycles. The summed E-state index contributed by atoms with van der Waals surface area (Å²) in [6, 6.07) is 5.60. The van der Waals surface area contributed by atoms with Gasteiger partial charge in [-0.3, -0.25) is 19.8 Å². The predicted octanol–water partition coefficient (Wildman–Crippen LogP) is 1.84. The first-order valence-electron chi connectivity index (χ1n) is 7.94. The molecule has 3 N–H and O–H groups in total. The topological polar surface area (TPSA) is 108 Å². The van der Waals surface area contributed by atoms with Gasteiger partial charge in [-0.2, -0.15) is 0 Å². The van der Waals surface area contributed by atoms with E-state index in [9.17, 15) is 19.2 Å². The van der Waals surface area contributed by atoms with Gasteiger partial charge in [-0.1, -0.05) is 28.1 Å². The summed E-state index contributed by atoms with van der Waals surface area (Å²) < 4.78 is 0.758. The van der Waals surface area contributed by atoms with Crippen LogP contribution in [0, 0.1) is 0 Å². The van der Waals surface area contributed by atoms with E-state index < -0.39 is 41.5 Å². The molecule has 9 heteroatoms. The fraction of sp³-hybridized carbons (Fsp3) is 0.412. The minimum Gasteiger partial charge on any atom is -0.333 e. The molecule has 0 saturated carbocycles. The highest BCUT2D eigenvalue weighted by atomic mass is 79.9. The van der Waals surface area contributed by atoms with Gasteiger partial charge in [-0.15, -0.1) is 0 Å². The number of carbonyl (C=O) groups is 4. The van der Waals surface area contributed by atoms with E-state index in [2.05, 4.69) is 31.9 Å². The molecule has 0 bridgehead atoms. The van der Waals surface area contributed by atoms with E-state index in [-0.39, 0.29) is 0 Å². The lowest BCUT2D eigenvalue weighted by atomic mass is 9.92. The van der Waals surface area contributed by atoms with E-state index >= 15 is 0 Å². The Labute approximate surface area is 159 Å². The molecule has 1 saturated heterocycles. The Balaban J connectivity index is 2.09. The number of nitrogens with one attached hydrogen (secondary N) is 3. The van der Waals surface area contributed by atoms with Crippen molar-refractivity contribution >= 4 is 39.8 Å². The van der Waals surface area contributed by atoms with Gasteiger partial charge in [0, 0.05) is 10.0 Å². The van der Waals surface area contributed by atoms with Crippen molar-refractivity contribution in [3.8, 4) is 0 Å². The van der Waals surface area contributed by atoms with Crippen LogP contribution < -0.4 is 16.0 Å². The molecule has 1 fully saturated rings. The molecule has 1 atom stereocenters. The highest BCUT2D eigenvalue weighted by Gasteiger charge is 2.49. The number of benzene rings is 1. The number of rotatable bonds is 3. The first-order valence-corrected chi connectivity index (χ1v) is 8.74. The third-order valence-electron chi connectivity index (χ3n) is 3.72. The van der Waals surface area contributed by atoms with Crippen LogP contribution in [-0.2, 0) is 15.1 Å². The SMILES string of the molecule is CC(C)(C)NC(=O)NC(=O)CN1C(=O)N[C@](C)(c2cccc(Br)c2)C1=O. The quantitative estimate of drug-likeness (QED) is 0.643. The molecule has 0 radical (unpaired) electrons. The van der Waals surface area contributed by atoms with Gasteiger partial charge in [-0.25, -0.2) is 9.59 Å². The molecule has 0 unspecified atom stereocenters. The van der Waals surface area contributed by atoms with Gasteiger partial charge in [0.2, 0.25) is 5.91 Å². The van der Waals surface area contributed by atoms with Crippen molar-refractivity contribution in [3.05, 3.63) is 34.3 Å². The summed E-state index contributed by atoms with van der Waals surface area (Å²) in [5, 5.41) is 7.28. The monoisotopic (exact) mass is 424 g/mol. The van der Waals surface area contributed by atoms with E-state index in [0.717, 1.165) is 9.37 Å². The zero-order chi connectivity index (χ0) is 19.7. The highest BCUT2D eigenvalue weighted by molar-refractivity contribution is 9.10. The summed E-state index contributed by atoms with van der Waals surface area (Å²) in [6.45, 7) is 6.30. The van der Waals surface area contributed by atoms with Crippen molar-refractivity contribution in [2.45, 2.75) is 38.8 Å². The van der Waals surface area contributed by atoms with Crippen LogP contribution in [0.4, 0.5) is 9.59 Å². The van der Waals surface area contributed by atoms with Gasteiger partial charge in [0.25, 0.3) is 5.91 Å². The van der Waals surface area contributed by atoms with Crippen LogP contribution in [-0.4, -0.2) is 40.9 Å². The first kappa shape index (κ1) is 19.9. The summed E-state index contributed by atoms with van der Waals surface area (Å²) in [7, 11) is 0. The van der Waals surface area contributed by atoms with Crippen molar-refractivity contribution in [3.63, 3.8) is 0 Å². The number of urea groups is 2. The van der Waals surface area contributed by atoms with E-state index in [0.29, 0.717) is 5.56 Å². The van der Waals surface area contributed by atoms with E-state index in [1.54, 1.807) is 52.0 Å². The number of nitrogens with zero attached hydrogens (tertiary/aromatic N) is 1. The highest BCUT2D eigenvalue weighted by Crippen LogP contribution is 2.30. The van der Waals surface area contributed by atoms with Crippen LogP contribution in [0.3, 0.4) is 0 Å². The Morgan fingerprint density at radius 3 is 2.50 bits per heavy atom. The Kier molecular flexibility index (Phi) is 5.41. The van der Waals surface area contributed by atoms with Gasteiger partial charge in [0.05, 0.1) is 0 Å². The lowest BCUT2D eigenvalue weighted by Gasteiger charge is -2.22. The maximum absolute atomic E-state index is 12.7. The third-order valence-corrected chi connectivity index (χ3v) is 4.21. The van der Waals surface area contributed by atoms with E-state index in [1.165, 1.54) is 0 Å². The standard InChI is InChI=1S/C17H21BrN4O4/c1-16(2,3)20-14(25)19-12(23)9-22-13(24)17(4,21-15(22)26)10-6-5-7-11(18)8-10/h5-8H,9H2,1-4H3,(H,21,26)(H2,19,20,23,25)/t17-/m1/s1. The van der Waals surface area contributed by atoms with Crippen LogP contribution in [0.1, 0.15) is 33.3 Å². The number of imide groups is 2. The number of carbonyl (C=O) groups excluding carboxylic acids is 4. The second-order valence-corrected chi connectivity index (χ2v) is 8.12. The summed E-state index contributed by atoms with van der Waals surface area (Å²) in [5.41, 5.74) is -1.22. The molecule has 1 aliphatic rings. The fourth-order valence-electron chi connectivity index (χ4n) is 2.52. The largest absolute Gasteiger partial charge is 0.333 e. The molecule has 26 heavy (non-hydrogen) atoms. The molecule has 1 aromatic rings. The summed E-state index contributed by atoms with van der Waals surface area (Å²) in [5.74, 6) is -1.32. The molecule has 140 valence electrons. The zero-order valence-corrected chi connectivity index (χ0v) is 16.6. The molecule has 1 aliphatic heterocycles. The second kappa shape index (κ2) is 7.06. The minimum absolute atomic E-state index is 0.523. The van der Waals surface area contributed by atoms with Crippen molar-refractivity contribution in [2.24, 2.45) is 0 Å².